The van der Waals surface area contributed by atoms with E-state index in [2.05, 4.69) is 0 Å². The Morgan fingerprint density at radius 3 is 2.55 bits per heavy atom. The van der Waals surface area contributed by atoms with E-state index < -0.39 is 41.3 Å². The number of benzene rings is 2. The van der Waals surface area contributed by atoms with Gasteiger partial charge in [0.05, 0.1) is 36.6 Å². The topological polar surface area (TPSA) is 122 Å². The van der Waals surface area contributed by atoms with E-state index in [9.17, 15) is 29.0 Å². The number of ether oxygens (including phenoxy) is 2. The number of pyridine rings is 1. The average Bonchev–Trinajstić information content (AvgIpc) is 3.71. The van der Waals surface area contributed by atoms with Gasteiger partial charge in [-0.1, -0.05) is 0 Å². The lowest BCUT2D eigenvalue weighted by atomic mass is 10.0. The number of aromatic nitrogens is 1. The number of aromatic carboxylic acids is 1. The number of rotatable bonds is 7. The number of aliphatic hydroxyl groups is 1. The second kappa shape index (κ2) is 10.1. The molecule has 0 bridgehead atoms. The molecule has 2 aromatic carbocycles. The molecule has 2 atom stereocenters. The van der Waals surface area contributed by atoms with Crippen molar-refractivity contribution in [3.8, 4) is 5.75 Å². The van der Waals surface area contributed by atoms with Crippen molar-refractivity contribution in [3.63, 3.8) is 0 Å². The maximum Gasteiger partial charge on any atom is 0.414 e. The van der Waals surface area contributed by atoms with E-state index in [1.807, 2.05) is 0 Å². The predicted octanol–water partition coefficient (Wildman–Crippen LogP) is 3.68. The zero-order chi connectivity index (χ0) is 28.1. The molecular formula is C28H27F2N3O7. The maximum absolute atomic E-state index is 15.4. The largest absolute Gasteiger partial charge is 0.486 e. The average molecular weight is 556 g/mol. The fourth-order valence-corrected chi connectivity index (χ4v) is 5.42. The van der Waals surface area contributed by atoms with Crippen molar-refractivity contribution in [1.82, 2.24) is 4.57 Å². The van der Waals surface area contributed by atoms with Crippen molar-refractivity contribution in [2.24, 2.45) is 0 Å². The van der Waals surface area contributed by atoms with Gasteiger partial charge in [0.2, 0.25) is 5.43 Å². The van der Waals surface area contributed by atoms with E-state index in [0.717, 1.165) is 18.9 Å². The van der Waals surface area contributed by atoms with Gasteiger partial charge in [0.1, 0.15) is 23.6 Å². The summed E-state index contributed by atoms with van der Waals surface area (Å²) in [6, 6.07) is 6.87. The van der Waals surface area contributed by atoms with E-state index in [0.29, 0.717) is 24.9 Å². The van der Waals surface area contributed by atoms with Gasteiger partial charge in [-0.05, 0) is 49.9 Å². The zero-order valence-electron chi connectivity index (χ0n) is 21.4. The summed E-state index contributed by atoms with van der Waals surface area (Å²) in [7, 11) is 0. The number of hydrogen-bond donors (Lipinski definition) is 2. The first-order chi connectivity index (χ1) is 19.2. The lowest BCUT2D eigenvalue weighted by molar-refractivity contribution is 0.0694. The number of carbonyl (C=O) groups is 2. The summed E-state index contributed by atoms with van der Waals surface area (Å²) < 4.78 is 43.0. The van der Waals surface area contributed by atoms with Crippen molar-refractivity contribution >= 4 is 34.3 Å². The standard InChI is InChI=1S/C28H27F2N3O7/c29-21-9-19-23(32(15-3-4-15)13-20(26(19)35)27(36)37)10-24(21)31-7-1-2-17(11-31)39-25-6-5-16(8-22(25)30)33-12-18(14-34)40-28(33)38/h5-6,8-10,13,15,17-18,34H,1-4,7,11-12,14H2,(H,36,37)/t17?,18-/m1/s1. The molecule has 2 aliphatic heterocycles. The number of cyclic esters (lactones) is 1. The summed E-state index contributed by atoms with van der Waals surface area (Å²) in [6.45, 7) is 0.564. The van der Waals surface area contributed by atoms with E-state index in [1.165, 1.54) is 29.3 Å². The minimum atomic E-state index is -1.35. The third-order valence-corrected chi connectivity index (χ3v) is 7.59. The highest BCUT2D eigenvalue weighted by Crippen LogP contribution is 2.38. The number of halogens is 2. The van der Waals surface area contributed by atoms with Gasteiger partial charge in [-0.25, -0.2) is 18.4 Å². The first kappa shape index (κ1) is 26.1. The minimum Gasteiger partial charge on any atom is -0.486 e. The van der Waals surface area contributed by atoms with E-state index >= 15 is 4.39 Å². The SMILES string of the molecule is O=C(O)c1cn(C2CC2)c2cc(N3CCCC(Oc4ccc(N5C[C@H](CO)OC5=O)cc4F)C3)c(F)cc2c1=O. The number of amides is 1. The second-order valence-electron chi connectivity index (χ2n) is 10.4. The van der Waals surface area contributed by atoms with Gasteiger partial charge < -0.3 is 29.2 Å². The van der Waals surface area contributed by atoms with Crippen LogP contribution in [-0.2, 0) is 4.74 Å². The molecule has 1 unspecified atom stereocenters. The van der Waals surface area contributed by atoms with Crippen LogP contribution in [0.1, 0.15) is 42.1 Å². The second-order valence-corrected chi connectivity index (χ2v) is 10.4. The van der Waals surface area contributed by atoms with Crippen LogP contribution in [0.15, 0.2) is 41.3 Å². The van der Waals surface area contributed by atoms with Crippen LogP contribution in [-0.4, -0.2) is 65.3 Å². The Kier molecular flexibility index (Phi) is 6.57. The molecule has 0 radical (unpaired) electrons. The molecule has 1 aliphatic carbocycles. The summed E-state index contributed by atoms with van der Waals surface area (Å²) in [5, 5.41) is 18.7. The number of nitrogens with zero attached hydrogens (tertiary/aromatic N) is 3. The fraction of sp³-hybridized carbons (Fsp3) is 0.393. The molecule has 3 aliphatic rings. The molecule has 210 valence electrons. The van der Waals surface area contributed by atoms with E-state index in [4.69, 9.17) is 9.47 Å². The van der Waals surface area contributed by atoms with Crippen LogP contribution in [0.25, 0.3) is 10.9 Å². The summed E-state index contributed by atoms with van der Waals surface area (Å²) in [5.74, 6) is -2.68. The molecular weight excluding hydrogens is 528 g/mol. The Bertz CT molecular complexity index is 1570. The number of aliphatic hydroxyl groups excluding tert-OH is 1. The summed E-state index contributed by atoms with van der Waals surface area (Å²) in [5.41, 5.74) is -0.0948. The fourth-order valence-electron chi connectivity index (χ4n) is 5.42. The van der Waals surface area contributed by atoms with Crippen LogP contribution in [0.4, 0.5) is 25.0 Å². The molecule has 2 saturated heterocycles. The van der Waals surface area contributed by atoms with Crippen molar-refractivity contribution in [3.05, 3.63) is 63.9 Å². The monoisotopic (exact) mass is 555 g/mol. The number of carbonyl (C=O) groups excluding carboxylic acids is 1. The van der Waals surface area contributed by atoms with Gasteiger partial charge in [0, 0.05) is 30.2 Å². The molecule has 3 heterocycles. The first-order valence-corrected chi connectivity index (χ1v) is 13.2. The Balaban J connectivity index is 1.24. The molecule has 1 aromatic heterocycles. The van der Waals surface area contributed by atoms with Gasteiger partial charge in [-0.15, -0.1) is 0 Å². The van der Waals surface area contributed by atoms with Gasteiger partial charge in [-0.2, -0.15) is 0 Å². The number of carboxylic acid groups (broad SMARTS) is 1. The molecule has 3 aromatic rings. The smallest absolute Gasteiger partial charge is 0.414 e. The molecule has 2 N–H and O–H groups in total. The van der Waals surface area contributed by atoms with E-state index in [-0.39, 0.29) is 53.8 Å². The Labute approximate surface area is 226 Å². The normalized spacial score (nSPS) is 21.1. The lowest BCUT2D eigenvalue weighted by Crippen LogP contribution is -2.41. The van der Waals surface area contributed by atoms with Crippen LogP contribution >= 0.6 is 0 Å². The number of piperidine rings is 1. The Morgan fingerprint density at radius 2 is 1.88 bits per heavy atom. The van der Waals surface area contributed by atoms with Gasteiger partial charge >= 0.3 is 12.1 Å². The maximum atomic E-state index is 15.4. The molecule has 1 amide bonds. The van der Waals surface area contributed by atoms with Crippen molar-refractivity contribution in [2.45, 2.75) is 43.9 Å². The number of carboxylic acids is 1. The molecule has 0 spiro atoms. The lowest BCUT2D eigenvalue weighted by Gasteiger charge is -2.35. The highest BCUT2D eigenvalue weighted by atomic mass is 19.1. The van der Waals surface area contributed by atoms with Crippen LogP contribution in [0.3, 0.4) is 0 Å². The van der Waals surface area contributed by atoms with Crippen LogP contribution in [0, 0.1) is 11.6 Å². The highest BCUT2D eigenvalue weighted by Gasteiger charge is 2.33. The van der Waals surface area contributed by atoms with Crippen molar-refractivity contribution in [2.75, 3.05) is 36.0 Å². The Morgan fingerprint density at radius 1 is 1.07 bits per heavy atom. The quantitative estimate of drug-likeness (QED) is 0.453. The molecule has 10 nitrogen and oxygen atoms in total. The number of hydrogen-bond acceptors (Lipinski definition) is 7. The summed E-state index contributed by atoms with van der Waals surface area (Å²) >= 11 is 0. The van der Waals surface area contributed by atoms with E-state index in [1.54, 1.807) is 15.5 Å². The highest BCUT2D eigenvalue weighted by molar-refractivity contribution is 5.93. The third kappa shape index (κ3) is 4.72. The van der Waals surface area contributed by atoms with Crippen molar-refractivity contribution in [1.29, 1.82) is 0 Å². The van der Waals surface area contributed by atoms with Crippen molar-refractivity contribution < 1.29 is 38.1 Å². The first-order valence-electron chi connectivity index (χ1n) is 13.2. The summed E-state index contributed by atoms with van der Waals surface area (Å²) in [4.78, 5) is 39.4. The van der Waals surface area contributed by atoms with Crippen LogP contribution in [0.2, 0.25) is 0 Å². The molecule has 3 fully saturated rings. The number of fused-ring (bicyclic) bond motifs is 1. The summed E-state index contributed by atoms with van der Waals surface area (Å²) in [6.07, 6.45) is 2.48. The third-order valence-electron chi connectivity index (χ3n) is 7.59. The van der Waals surface area contributed by atoms with Gasteiger partial charge in [0.25, 0.3) is 0 Å². The molecule has 12 heteroatoms. The molecule has 6 rings (SSSR count). The van der Waals surface area contributed by atoms with Crippen LogP contribution in [0.5, 0.6) is 5.75 Å². The van der Waals surface area contributed by atoms with Crippen LogP contribution < -0.4 is 20.0 Å². The Hall–Kier alpha value is -4.19. The minimum absolute atomic E-state index is 0.00960. The zero-order valence-corrected chi connectivity index (χ0v) is 21.4. The van der Waals surface area contributed by atoms with Gasteiger partial charge in [-0.3, -0.25) is 9.69 Å². The molecule has 40 heavy (non-hydrogen) atoms. The van der Waals surface area contributed by atoms with Gasteiger partial charge in [0.15, 0.2) is 11.6 Å². The predicted molar refractivity (Wildman–Crippen MR) is 140 cm³/mol. The number of anilines is 2. The molecule has 1 saturated carbocycles.